The molecular formula is C13H18N2O3S. The topological polar surface area (TPSA) is 76.1 Å². The Labute approximate surface area is 113 Å². The fourth-order valence-electron chi connectivity index (χ4n) is 2.28. The van der Waals surface area contributed by atoms with Crippen LogP contribution in [0.1, 0.15) is 32.1 Å². The number of pyridine rings is 1. The molecule has 1 amide bonds. The summed E-state index contributed by atoms with van der Waals surface area (Å²) in [6.45, 7) is 0. The summed E-state index contributed by atoms with van der Waals surface area (Å²) in [6.07, 6.45) is 7.76. The van der Waals surface area contributed by atoms with Crippen LogP contribution in [-0.2, 0) is 14.6 Å². The fourth-order valence-corrected chi connectivity index (χ4v) is 2.84. The van der Waals surface area contributed by atoms with E-state index in [4.69, 9.17) is 0 Å². The number of hydrogen-bond donors (Lipinski definition) is 1. The van der Waals surface area contributed by atoms with Gasteiger partial charge < -0.3 is 5.32 Å². The maximum absolute atomic E-state index is 12.0. The van der Waals surface area contributed by atoms with Crippen molar-refractivity contribution in [2.24, 2.45) is 5.92 Å². The summed E-state index contributed by atoms with van der Waals surface area (Å²) in [5.74, 6) is 0.0805. The first-order chi connectivity index (χ1) is 8.97. The average Bonchev–Trinajstić information content (AvgIpc) is 2.39. The van der Waals surface area contributed by atoms with Gasteiger partial charge in [-0.2, -0.15) is 0 Å². The molecule has 5 nitrogen and oxygen atoms in total. The second kappa shape index (κ2) is 5.69. The van der Waals surface area contributed by atoms with Crippen LogP contribution in [0.5, 0.6) is 0 Å². The predicted molar refractivity (Wildman–Crippen MR) is 72.6 cm³/mol. The zero-order valence-corrected chi connectivity index (χ0v) is 11.7. The van der Waals surface area contributed by atoms with E-state index in [0.717, 1.165) is 31.9 Å². The third-order valence-electron chi connectivity index (χ3n) is 3.36. The third-order valence-corrected chi connectivity index (χ3v) is 4.36. The van der Waals surface area contributed by atoms with Crippen molar-refractivity contribution in [3.05, 3.63) is 18.3 Å². The molecule has 1 fully saturated rings. The number of amides is 1. The van der Waals surface area contributed by atoms with E-state index in [2.05, 4.69) is 10.3 Å². The number of carbonyl (C=O) groups excluding carboxylic acids is 1. The predicted octanol–water partition coefficient (Wildman–Crippen LogP) is 2.00. The number of hydrogen-bond acceptors (Lipinski definition) is 4. The first kappa shape index (κ1) is 14.0. The molecule has 1 aliphatic rings. The van der Waals surface area contributed by atoms with Crippen LogP contribution < -0.4 is 5.32 Å². The van der Waals surface area contributed by atoms with E-state index in [0.29, 0.717) is 5.69 Å². The summed E-state index contributed by atoms with van der Waals surface area (Å²) in [7, 11) is -3.29. The summed E-state index contributed by atoms with van der Waals surface area (Å²) in [5, 5.41) is 2.81. The van der Waals surface area contributed by atoms with Crippen LogP contribution in [-0.4, -0.2) is 25.6 Å². The number of nitrogens with one attached hydrogen (secondary N) is 1. The van der Waals surface area contributed by atoms with Gasteiger partial charge in [-0.3, -0.25) is 4.79 Å². The summed E-state index contributed by atoms with van der Waals surface area (Å²) >= 11 is 0. The summed E-state index contributed by atoms with van der Waals surface area (Å²) in [6, 6.07) is 2.98. The molecule has 0 aromatic carbocycles. The molecule has 0 saturated heterocycles. The van der Waals surface area contributed by atoms with E-state index < -0.39 is 9.84 Å². The standard InChI is InChI=1S/C13H18N2O3S/c1-19(17,18)12-8-7-11(9-14-12)15-13(16)10-5-3-2-4-6-10/h7-10H,2-6H2,1H3,(H,15,16). The molecule has 0 radical (unpaired) electrons. The molecule has 19 heavy (non-hydrogen) atoms. The molecule has 1 aliphatic carbocycles. The van der Waals surface area contributed by atoms with Gasteiger partial charge in [0.15, 0.2) is 14.9 Å². The highest BCUT2D eigenvalue weighted by atomic mass is 32.2. The molecule has 0 spiro atoms. The third kappa shape index (κ3) is 3.76. The highest BCUT2D eigenvalue weighted by Gasteiger charge is 2.21. The number of nitrogens with zero attached hydrogens (tertiary/aromatic N) is 1. The SMILES string of the molecule is CS(=O)(=O)c1ccc(NC(=O)C2CCCCC2)cn1. The highest BCUT2D eigenvalue weighted by molar-refractivity contribution is 7.90. The number of carbonyl (C=O) groups is 1. The molecule has 0 aliphatic heterocycles. The lowest BCUT2D eigenvalue weighted by Gasteiger charge is -2.20. The van der Waals surface area contributed by atoms with Crippen LogP contribution in [0.15, 0.2) is 23.4 Å². The number of sulfone groups is 1. The van der Waals surface area contributed by atoms with Gasteiger partial charge in [0.05, 0.1) is 11.9 Å². The number of aromatic nitrogens is 1. The van der Waals surface area contributed by atoms with E-state index in [9.17, 15) is 13.2 Å². The zero-order chi connectivity index (χ0) is 13.9. The smallest absolute Gasteiger partial charge is 0.227 e. The normalized spacial score (nSPS) is 17.1. The molecule has 2 rings (SSSR count). The van der Waals surface area contributed by atoms with Crippen LogP contribution in [0.4, 0.5) is 5.69 Å². The Kier molecular flexibility index (Phi) is 4.19. The van der Waals surface area contributed by atoms with Crippen molar-refractivity contribution in [1.29, 1.82) is 0 Å². The molecule has 0 atom stereocenters. The van der Waals surface area contributed by atoms with E-state index in [1.807, 2.05) is 0 Å². The minimum Gasteiger partial charge on any atom is -0.324 e. The quantitative estimate of drug-likeness (QED) is 0.920. The molecule has 1 heterocycles. The van der Waals surface area contributed by atoms with Gasteiger partial charge in [-0.25, -0.2) is 13.4 Å². The van der Waals surface area contributed by atoms with Crippen molar-refractivity contribution < 1.29 is 13.2 Å². The van der Waals surface area contributed by atoms with E-state index >= 15 is 0 Å². The van der Waals surface area contributed by atoms with Gasteiger partial charge in [-0.1, -0.05) is 19.3 Å². The Morgan fingerprint density at radius 2 is 1.95 bits per heavy atom. The molecular weight excluding hydrogens is 264 g/mol. The molecule has 1 saturated carbocycles. The second-order valence-corrected chi connectivity index (χ2v) is 6.94. The van der Waals surface area contributed by atoms with Gasteiger partial charge in [-0.05, 0) is 25.0 Å². The fraction of sp³-hybridized carbons (Fsp3) is 0.538. The second-order valence-electron chi connectivity index (χ2n) is 4.98. The van der Waals surface area contributed by atoms with E-state index in [-0.39, 0.29) is 16.9 Å². The van der Waals surface area contributed by atoms with Crippen molar-refractivity contribution in [3.8, 4) is 0 Å². The minimum atomic E-state index is -3.29. The van der Waals surface area contributed by atoms with Crippen molar-refractivity contribution in [3.63, 3.8) is 0 Å². The Bertz CT molecular complexity index is 546. The minimum absolute atomic E-state index is 0.00797. The maximum atomic E-state index is 12.0. The molecule has 6 heteroatoms. The molecule has 1 aromatic rings. The first-order valence-corrected chi connectivity index (χ1v) is 8.33. The molecule has 1 aromatic heterocycles. The van der Waals surface area contributed by atoms with Gasteiger partial charge in [0.2, 0.25) is 5.91 Å². The molecule has 104 valence electrons. The summed E-state index contributed by atoms with van der Waals surface area (Å²) in [4.78, 5) is 15.8. The molecule has 0 unspecified atom stereocenters. The van der Waals surface area contributed by atoms with E-state index in [1.54, 1.807) is 6.07 Å². The van der Waals surface area contributed by atoms with Crippen molar-refractivity contribution in [1.82, 2.24) is 4.98 Å². The first-order valence-electron chi connectivity index (χ1n) is 6.44. The summed E-state index contributed by atoms with van der Waals surface area (Å²) in [5.41, 5.74) is 0.544. The maximum Gasteiger partial charge on any atom is 0.227 e. The van der Waals surface area contributed by atoms with Gasteiger partial charge >= 0.3 is 0 Å². The van der Waals surface area contributed by atoms with Gasteiger partial charge in [-0.15, -0.1) is 0 Å². The van der Waals surface area contributed by atoms with Crippen molar-refractivity contribution in [2.75, 3.05) is 11.6 Å². The lowest BCUT2D eigenvalue weighted by molar-refractivity contribution is -0.120. The van der Waals surface area contributed by atoms with Gasteiger partial charge in [0.25, 0.3) is 0 Å². The van der Waals surface area contributed by atoms with Crippen LogP contribution >= 0.6 is 0 Å². The van der Waals surface area contributed by atoms with Gasteiger partial charge in [0.1, 0.15) is 0 Å². The van der Waals surface area contributed by atoms with Crippen LogP contribution in [0.3, 0.4) is 0 Å². The van der Waals surface area contributed by atoms with Crippen LogP contribution in [0.25, 0.3) is 0 Å². The Hall–Kier alpha value is -1.43. The van der Waals surface area contributed by atoms with Crippen molar-refractivity contribution >= 4 is 21.4 Å². The Balaban J connectivity index is 2.01. The van der Waals surface area contributed by atoms with Crippen molar-refractivity contribution in [2.45, 2.75) is 37.1 Å². The van der Waals surface area contributed by atoms with Crippen LogP contribution in [0, 0.1) is 5.92 Å². The van der Waals surface area contributed by atoms with E-state index in [1.165, 1.54) is 18.7 Å². The lowest BCUT2D eigenvalue weighted by Crippen LogP contribution is -2.24. The molecule has 0 bridgehead atoms. The zero-order valence-electron chi connectivity index (χ0n) is 10.9. The highest BCUT2D eigenvalue weighted by Crippen LogP contribution is 2.24. The number of anilines is 1. The average molecular weight is 282 g/mol. The number of rotatable bonds is 3. The molecule has 1 N–H and O–H groups in total. The summed E-state index contributed by atoms with van der Waals surface area (Å²) < 4.78 is 22.5. The lowest BCUT2D eigenvalue weighted by atomic mass is 9.88. The largest absolute Gasteiger partial charge is 0.324 e. The monoisotopic (exact) mass is 282 g/mol. The Morgan fingerprint density at radius 3 is 2.47 bits per heavy atom. The Morgan fingerprint density at radius 1 is 1.26 bits per heavy atom. The van der Waals surface area contributed by atoms with Crippen LogP contribution in [0.2, 0.25) is 0 Å². The van der Waals surface area contributed by atoms with Gasteiger partial charge in [0, 0.05) is 12.2 Å².